The summed E-state index contributed by atoms with van der Waals surface area (Å²) in [5.74, 6) is -1.37. The molecule has 0 bridgehead atoms. The van der Waals surface area contributed by atoms with Crippen molar-refractivity contribution in [2.75, 3.05) is 23.3 Å². The van der Waals surface area contributed by atoms with Crippen LogP contribution in [0.5, 0.6) is 0 Å². The van der Waals surface area contributed by atoms with Crippen molar-refractivity contribution < 1.29 is 18.8 Å². The van der Waals surface area contributed by atoms with E-state index < -0.39 is 23.1 Å². The first-order valence-electron chi connectivity index (χ1n) is 12.1. The molecule has 2 N–H and O–H groups in total. The molecular weight excluding hydrogens is 475 g/mol. The minimum Gasteiger partial charge on any atom is -0.356 e. The fourth-order valence-electron chi connectivity index (χ4n) is 4.81. The van der Waals surface area contributed by atoms with E-state index in [-0.39, 0.29) is 11.5 Å². The van der Waals surface area contributed by atoms with Crippen molar-refractivity contribution in [3.8, 4) is 0 Å². The summed E-state index contributed by atoms with van der Waals surface area (Å²) in [6.07, 6.45) is 4.48. The van der Waals surface area contributed by atoms with E-state index in [1.54, 1.807) is 38.6 Å². The van der Waals surface area contributed by atoms with Crippen LogP contribution in [0.25, 0.3) is 0 Å². The molecule has 0 unspecified atom stereocenters. The van der Waals surface area contributed by atoms with Crippen molar-refractivity contribution in [1.29, 1.82) is 0 Å². The quantitative estimate of drug-likeness (QED) is 0.391. The molecular formula is C27H31FN6O3. The number of rotatable bonds is 6. The highest BCUT2D eigenvalue weighted by Gasteiger charge is 2.35. The van der Waals surface area contributed by atoms with E-state index in [4.69, 9.17) is 0 Å². The van der Waals surface area contributed by atoms with Crippen LogP contribution in [-0.4, -0.2) is 50.8 Å². The van der Waals surface area contributed by atoms with Gasteiger partial charge in [-0.3, -0.25) is 14.4 Å². The zero-order valence-corrected chi connectivity index (χ0v) is 21.7. The average molecular weight is 507 g/mol. The number of halogens is 1. The number of anilines is 2. The van der Waals surface area contributed by atoms with Gasteiger partial charge in [0.1, 0.15) is 18.0 Å². The van der Waals surface area contributed by atoms with E-state index in [1.165, 1.54) is 24.5 Å². The SMILES string of the molecule is Cc1cc(NC(=O)c2c(C)c(C(=O)C(=O)NC3(C)CCN(c4ccncn4)CC3)n(C)c2C)ccc1F. The molecule has 37 heavy (non-hydrogen) atoms. The molecule has 2 amide bonds. The Kier molecular flexibility index (Phi) is 7.11. The summed E-state index contributed by atoms with van der Waals surface area (Å²) >= 11 is 0. The smallest absolute Gasteiger partial charge is 0.294 e. The molecule has 3 aromatic rings. The monoisotopic (exact) mass is 506 g/mol. The zero-order chi connectivity index (χ0) is 26.9. The number of carbonyl (C=O) groups is 3. The molecule has 1 aliphatic rings. The fraction of sp³-hybridized carbons (Fsp3) is 0.370. The number of benzene rings is 1. The highest BCUT2D eigenvalue weighted by molar-refractivity contribution is 6.43. The maximum absolute atomic E-state index is 13.6. The molecule has 0 spiro atoms. The Balaban J connectivity index is 1.47. The third-order valence-electron chi connectivity index (χ3n) is 7.17. The molecule has 2 aromatic heterocycles. The molecule has 0 saturated carbocycles. The summed E-state index contributed by atoms with van der Waals surface area (Å²) in [5.41, 5.74) is 1.74. The lowest BCUT2D eigenvalue weighted by Gasteiger charge is -2.40. The number of ketones is 1. The van der Waals surface area contributed by atoms with Gasteiger partial charge in [0.25, 0.3) is 17.6 Å². The maximum atomic E-state index is 13.6. The minimum atomic E-state index is -0.706. The Bertz CT molecular complexity index is 1360. The molecule has 10 heteroatoms. The van der Waals surface area contributed by atoms with Gasteiger partial charge in [-0.05, 0) is 75.9 Å². The Morgan fingerprint density at radius 3 is 2.41 bits per heavy atom. The topological polar surface area (TPSA) is 109 Å². The first kappa shape index (κ1) is 26.0. The van der Waals surface area contributed by atoms with Crippen molar-refractivity contribution >= 4 is 29.1 Å². The van der Waals surface area contributed by atoms with Gasteiger partial charge in [-0.1, -0.05) is 0 Å². The minimum absolute atomic E-state index is 0.164. The van der Waals surface area contributed by atoms with E-state index in [9.17, 15) is 18.8 Å². The number of nitrogens with zero attached hydrogens (tertiary/aromatic N) is 4. The number of Topliss-reactive ketones (excluding diaryl/α,β-unsaturated/α-hetero) is 1. The molecule has 1 aromatic carbocycles. The van der Waals surface area contributed by atoms with Gasteiger partial charge in [-0.2, -0.15) is 0 Å². The first-order valence-corrected chi connectivity index (χ1v) is 12.1. The van der Waals surface area contributed by atoms with Gasteiger partial charge in [0.2, 0.25) is 0 Å². The highest BCUT2D eigenvalue weighted by atomic mass is 19.1. The van der Waals surface area contributed by atoms with E-state index in [0.29, 0.717) is 54.0 Å². The zero-order valence-electron chi connectivity index (χ0n) is 21.7. The number of amides is 2. The Labute approximate surface area is 215 Å². The van der Waals surface area contributed by atoms with Gasteiger partial charge in [-0.15, -0.1) is 0 Å². The van der Waals surface area contributed by atoms with E-state index in [0.717, 1.165) is 5.82 Å². The van der Waals surface area contributed by atoms with Crippen LogP contribution >= 0.6 is 0 Å². The van der Waals surface area contributed by atoms with Crippen molar-refractivity contribution in [3.05, 3.63) is 70.7 Å². The summed E-state index contributed by atoms with van der Waals surface area (Å²) in [6, 6.07) is 6.14. The molecule has 3 heterocycles. The number of carbonyl (C=O) groups excluding carboxylic acids is 3. The van der Waals surface area contributed by atoms with Crippen LogP contribution in [0, 0.1) is 26.6 Å². The summed E-state index contributed by atoms with van der Waals surface area (Å²) in [6.45, 7) is 8.27. The van der Waals surface area contributed by atoms with Crippen LogP contribution < -0.4 is 15.5 Å². The van der Waals surface area contributed by atoms with Crippen LogP contribution in [-0.2, 0) is 11.8 Å². The van der Waals surface area contributed by atoms with Crippen LogP contribution in [0.4, 0.5) is 15.9 Å². The van der Waals surface area contributed by atoms with Gasteiger partial charge in [0, 0.05) is 43.3 Å². The summed E-state index contributed by atoms with van der Waals surface area (Å²) in [5, 5.41) is 5.69. The summed E-state index contributed by atoms with van der Waals surface area (Å²) in [4.78, 5) is 49.8. The van der Waals surface area contributed by atoms with E-state index in [2.05, 4.69) is 25.5 Å². The summed E-state index contributed by atoms with van der Waals surface area (Å²) in [7, 11) is 1.66. The lowest BCUT2D eigenvalue weighted by atomic mass is 9.89. The molecule has 194 valence electrons. The van der Waals surface area contributed by atoms with Crippen LogP contribution in [0.2, 0.25) is 0 Å². The van der Waals surface area contributed by atoms with E-state index >= 15 is 0 Å². The number of nitrogens with one attached hydrogen (secondary N) is 2. The van der Waals surface area contributed by atoms with Gasteiger partial charge in [0.15, 0.2) is 0 Å². The van der Waals surface area contributed by atoms with Gasteiger partial charge >= 0.3 is 0 Å². The summed E-state index contributed by atoms with van der Waals surface area (Å²) < 4.78 is 15.2. The van der Waals surface area contributed by atoms with Gasteiger partial charge in [-0.25, -0.2) is 14.4 Å². The second kappa shape index (κ2) is 10.1. The van der Waals surface area contributed by atoms with Gasteiger partial charge < -0.3 is 20.1 Å². The Morgan fingerprint density at radius 1 is 1.08 bits per heavy atom. The third-order valence-corrected chi connectivity index (χ3v) is 7.17. The fourth-order valence-corrected chi connectivity index (χ4v) is 4.81. The second-order valence-corrected chi connectivity index (χ2v) is 9.81. The standard InChI is InChI=1S/C27H31FN6O3/c1-16-14-19(6-7-20(16)28)31-25(36)22-17(2)23(33(5)18(22)3)24(35)26(37)32-27(4)9-12-34(13-10-27)21-8-11-29-15-30-21/h6-8,11,14-15H,9-10,12-13H2,1-5H3,(H,31,36)(H,32,37). The Morgan fingerprint density at radius 2 is 1.78 bits per heavy atom. The maximum Gasteiger partial charge on any atom is 0.294 e. The van der Waals surface area contributed by atoms with Crippen molar-refractivity contribution in [2.45, 2.75) is 46.1 Å². The second-order valence-electron chi connectivity index (χ2n) is 9.81. The van der Waals surface area contributed by atoms with Crippen LogP contribution in [0.3, 0.4) is 0 Å². The normalized spacial score (nSPS) is 14.8. The lowest BCUT2D eigenvalue weighted by molar-refractivity contribution is -0.118. The molecule has 1 fully saturated rings. The number of hydrogen-bond acceptors (Lipinski definition) is 6. The highest BCUT2D eigenvalue weighted by Crippen LogP contribution is 2.27. The van der Waals surface area contributed by atoms with Crippen molar-refractivity contribution in [2.24, 2.45) is 7.05 Å². The van der Waals surface area contributed by atoms with E-state index in [1.807, 2.05) is 13.0 Å². The van der Waals surface area contributed by atoms with Crippen molar-refractivity contribution in [1.82, 2.24) is 19.9 Å². The predicted octanol–water partition coefficient (Wildman–Crippen LogP) is 3.49. The average Bonchev–Trinajstić information content (AvgIpc) is 3.09. The largest absolute Gasteiger partial charge is 0.356 e. The number of aromatic nitrogens is 3. The number of piperidine rings is 1. The molecule has 0 atom stereocenters. The molecule has 1 saturated heterocycles. The number of hydrogen-bond donors (Lipinski definition) is 2. The van der Waals surface area contributed by atoms with Crippen LogP contribution in [0.1, 0.15) is 57.4 Å². The first-order chi connectivity index (χ1) is 17.5. The predicted molar refractivity (Wildman–Crippen MR) is 138 cm³/mol. The van der Waals surface area contributed by atoms with Crippen molar-refractivity contribution in [3.63, 3.8) is 0 Å². The third kappa shape index (κ3) is 5.23. The number of aryl methyl sites for hydroxylation is 1. The molecule has 4 rings (SSSR count). The molecule has 0 aliphatic carbocycles. The molecule has 1 aliphatic heterocycles. The molecule has 0 radical (unpaired) electrons. The molecule has 9 nitrogen and oxygen atoms in total. The Hall–Kier alpha value is -4.08. The lowest BCUT2D eigenvalue weighted by Crippen LogP contribution is -2.55. The van der Waals surface area contributed by atoms with Crippen LogP contribution in [0.15, 0.2) is 36.8 Å². The van der Waals surface area contributed by atoms with Gasteiger partial charge in [0.05, 0.1) is 11.3 Å².